The molecule has 0 amide bonds. The van der Waals surface area contributed by atoms with Gasteiger partial charge in [0.25, 0.3) is 0 Å². The van der Waals surface area contributed by atoms with Crippen molar-refractivity contribution in [2.75, 3.05) is 13.1 Å². The molecule has 5 rings (SSSR count). The van der Waals surface area contributed by atoms with Crippen LogP contribution in [0.2, 0.25) is 5.02 Å². The van der Waals surface area contributed by atoms with Gasteiger partial charge in [0.1, 0.15) is 11.5 Å². The van der Waals surface area contributed by atoms with Gasteiger partial charge in [0, 0.05) is 29.6 Å². The van der Waals surface area contributed by atoms with Crippen molar-refractivity contribution in [1.82, 2.24) is 15.1 Å². The molecule has 3 aromatic carbocycles. The molecule has 1 aromatic heterocycles. The summed E-state index contributed by atoms with van der Waals surface area (Å²) in [7, 11) is 0. The Morgan fingerprint density at radius 1 is 1.11 bits per heavy atom. The monoisotopic (exact) mass is 534 g/mol. The van der Waals surface area contributed by atoms with Crippen LogP contribution in [-0.4, -0.2) is 33.9 Å². The predicted molar refractivity (Wildman–Crippen MR) is 142 cm³/mol. The summed E-state index contributed by atoms with van der Waals surface area (Å²) >= 11 is 6.16. The zero-order valence-corrected chi connectivity index (χ0v) is 21.5. The molecule has 4 aromatic rings. The minimum atomic E-state index is -1.63. The minimum absolute atomic E-state index is 0.0993. The largest absolute Gasteiger partial charge is 0.434 e. The van der Waals surface area contributed by atoms with E-state index in [0.717, 1.165) is 17.2 Å². The van der Waals surface area contributed by atoms with Crippen molar-refractivity contribution < 1.29 is 13.2 Å². The molecule has 38 heavy (non-hydrogen) atoms. The van der Waals surface area contributed by atoms with E-state index < -0.39 is 23.2 Å². The maximum absolute atomic E-state index is 15.6. The van der Waals surface area contributed by atoms with Crippen LogP contribution in [0.1, 0.15) is 42.5 Å². The molecule has 1 fully saturated rings. The second-order valence-electron chi connectivity index (χ2n) is 10.1. The maximum Gasteiger partial charge on any atom is 0.434 e. The molecule has 6 nitrogen and oxygen atoms in total. The van der Waals surface area contributed by atoms with E-state index in [9.17, 15) is 9.18 Å². The number of likely N-dealkylation sites (tertiary alicyclic amines) is 1. The summed E-state index contributed by atoms with van der Waals surface area (Å²) in [5.74, 6) is -1.68. The highest BCUT2D eigenvalue weighted by Crippen LogP contribution is 2.46. The lowest BCUT2D eigenvalue weighted by Gasteiger charge is -2.50. The van der Waals surface area contributed by atoms with Gasteiger partial charge in [0.05, 0.1) is 12.6 Å². The highest BCUT2D eigenvalue weighted by molar-refractivity contribution is 6.30. The Bertz CT molecular complexity index is 1550. The zero-order chi connectivity index (χ0) is 27.0. The van der Waals surface area contributed by atoms with Crippen LogP contribution in [0, 0.1) is 18.3 Å². The smallest absolute Gasteiger partial charge is 0.388 e. The molecule has 2 atom stereocenters. The molecule has 0 spiro atoms. The Morgan fingerprint density at radius 2 is 1.84 bits per heavy atom. The summed E-state index contributed by atoms with van der Waals surface area (Å²) in [4.78, 5) is 17.1. The number of rotatable bonds is 7. The van der Waals surface area contributed by atoms with Gasteiger partial charge in [-0.3, -0.25) is 4.90 Å². The van der Waals surface area contributed by atoms with E-state index in [1.54, 1.807) is 12.1 Å². The second kappa shape index (κ2) is 10.2. The summed E-state index contributed by atoms with van der Waals surface area (Å²) < 4.78 is 35.0. The van der Waals surface area contributed by atoms with Gasteiger partial charge in [0.2, 0.25) is 5.89 Å². The fourth-order valence-corrected chi connectivity index (χ4v) is 5.62. The standard InChI is InChI=1S/C29H25ClF2N4O2/c1-29(2,32)25(20-12-23(31)14-24(13-20)33-3)21-15-36(16-21)26(17-7-9-22(30)10-8-17)18-5-4-6-19(11-18)27-34-35-28(37)38-27/h4-14,21,25-26H,15-16H2,1-2H3,(H,35,37)/t25-,26+/m1/s1. The van der Waals surface area contributed by atoms with Gasteiger partial charge in [-0.1, -0.05) is 41.9 Å². The Hall–Kier alpha value is -3.80. The lowest BCUT2D eigenvalue weighted by molar-refractivity contribution is 0.00816. The molecule has 1 saturated heterocycles. The van der Waals surface area contributed by atoms with E-state index in [4.69, 9.17) is 22.6 Å². The quantitative estimate of drug-likeness (QED) is 0.261. The number of nitrogens with one attached hydrogen (secondary N) is 1. The van der Waals surface area contributed by atoms with Crippen LogP contribution in [0.3, 0.4) is 0 Å². The third-order valence-corrected chi connectivity index (χ3v) is 7.23. The summed E-state index contributed by atoms with van der Waals surface area (Å²) in [5, 5.41) is 6.83. The molecular formula is C29H25ClF2N4O2. The number of hydrogen-bond donors (Lipinski definition) is 1. The fourth-order valence-electron chi connectivity index (χ4n) is 5.49. The van der Waals surface area contributed by atoms with E-state index in [1.165, 1.54) is 19.9 Å². The highest BCUT2D eigenvalue weighted by atomic mass is 35.5. The van der Waals surface area contributed by atoms with Gasteiger partial charge in [-0.05, 0) is 72.9 Å². The van der Waals surface area contributed by atoms with Crippen molar-refractivity contribution in [3.8, 4) is 11.5 Å². The predicted octanol–water partition coefficient (Wildman–Crippen LogP) is 6.93. The Labute approximate surface area is 223 Å². The molecular weight excluding hydrogens is 510 g/mol. The van der Waals surface area contributed by atoms with E-state index in [1.807, 2.05) is 42.5 Å². The van der Waals surface area contributed by atoms with Crippen molar-refractivity contribution in [3.05, 3.63) is 116 Å². The number of benzene rings is 3. The molecule has 0 aliphatic carbocycles. The van der Waals surface area contributed by atoms with Crippen LogP contribution >= 0.6 is 11.6 Å². The van der Waals surface area contributed by atoms with Crippen LogP contribution in [-0.2, 0) is 0 Å². The Morgan fingerprint density at radius 3 is 2.47 bits per heavy atom. The lowest BCUT2D eigenvalue weighted by atomic mass is 9.72. The third-order valence-electron chi connectivity index (χ3n) is 6.98. The molecule has 1 aliphatic heterocycles. The van der Waals surface area contributed by atoms with Crippen LogP contribution in [0.15, 0.2) is 75.9 Å². The first-order chi connectivity index (χ1) is 18.1. The number of aromatic nitrogens is 2. The average molecular weight is 535 g/mol. The first kappa shape index (κ1) is 25.8. The van der Waals surface area contributed by atoms with Gasteiger partial charge < -0.3 is 4.42 Å². The molecule has 0 saturated carbocycles. The topological polar surface area (TPSA) is 66.5 Å². The number of halogens is 3. The molecule has 0 bridgehead atoms. The molecule has 1 aliphatic rings. The number of hydrogen-bond acceptors (Lipinski definition) is 4. The summed E-state index contributed by atoms with van der Waals surface area (Å²) in [5.41, 5.74) is 1.59. The van der Waals surface area contributed by atoms with Crippen molar-refractivity contribution in [3.63, 3.8) is 0 Å². The Kier molecular flexibility index (Phi) is 6.91. The summed E-state index contributed by atoms with van der Waals surface area (Å²) in [6, 6.07) is 19.0. The van der Waals surface area contributed by atoms with Crippen molar-refractivity contribution >= 4 is 17.3 Å². The molecule has 194 valence electrons. The van der Waals surface area contributed by atoms with Gasteiger partial charge in [-0.15, -0.1) is 5.10 Å². The van der Waals surface area contributed by atoms with Gasteiger partial charge in [-0.25, -0.2) is 23.5 Å². The van der Waals surface area contributed by atoms with Gasteiger partial charge in [-0.2, -0.15) is 0 Å². The second-order valence-corrected chi connectivity index (χ2v) is 10.5. The van der Waals surface area contributed by atoms with Crippen LogP contribution < -0.4 is 5.76 Å². The lowest BCUT2D eigenvalue weighted by Crippen LogP contribution is -2.53. The molecule has 2 heterocycles. The Balaban J connectivity index is 1.48. The van der Waals surface area contributed by atoms with Crippen molar-refractivity contribution in [2.45, 2.75) is 31.5 Å². The number of aromatic amines is 1. The number of nitrogens with zero attached hydrogens (tertiary/aromatic N) is 3. The minimum Gasteiger partial charge on any atom is -0.388 e. The first-order valence-corrected chi connectivity index (χ1v) is 12.5. The molecule has 0 radical (unpaired) electrons. The van der Waals surface area contributed by atoms with Crippen molar-refractivity contribution in [1.29, 1.82) is 0 Å². The normalized spacial score (nSPS) is 16.0. The third kappa shape index (κ3) is 5.26. The average Bonchev–Trinajstić information content (AvgIpc) is 3.29. The molecule has 9 heteroatoms. The van der Waals surface area contributed by atoms with Crippen LogP contribution in [0.5, 0.6) is 0 Å². The first-order valence-electron chi connectivity index (χ1n) is 12.1. The summed E-state index contributed by atoms with van der Waals surface area (Å²) in [6.45, 7) is 11.4. The number of H-pyrrole nitrogens is 1. The van der Waals surface area contributed by atoms with E-state index in [2.05, 4.69) is 19.9 Å². The van der Waals surface area contributed by atoms with E-state index in [-0.39, 0.29) is 23.5 Å². The summed E-state index contributed by atoms with van der Waals surface area (Å²) in [6.07, 6.45) is 0. The zero-order valence-electron chi connectivity index (χ0n) is 20.8. The van der Waals surface area contributed by atoms with Crippen LogP contribution in [0.25, 0.3) is 16.3 Å². The van der Waals surface area contributed by atoms with E-state index in [0.29, 0.717) is 29.2 Å². The fraction of sp³-hybridized carbons (Fsp3) is 0.276. The highest BCUT2D eigenvalue weighted by Gasteiger charge is 2.45. The van der Waals surface area contributed by atoms with Crippen LogP contribution in [0.4, 0.5) is 14.5 Å². The molecule has 0 unspecified atom stereocenters. The van der Waals surface area contributed by atoms with Crippen molar-refractivity contribution in [2.24, 2.45) is 5.92 Å². The number of alkyl halides is 1. The SMILES string of the molecule is [C-]#[N+]c1cc(F)cc([C@H](C2CN([C@@H](c3ccc(Cl)cc3)c3cccc(-c4n[nH]c(=O)o4)c3)C2)C(C)(C)F)c1. The van der Waals surface area contributed by atoms with Gasteiger partial charge >= 0.3 is 5.76 Å². The maximum atomic E-state index is 15.6. The van der Waals surface area contributed by atoms with Gasteiger partial charge in [0.15, 0.2) is 5.69 Å². The molecule has 1 N–H and O–H groups in total. The van der Waals surface area contributed by atoms with E-state index >= 15 is 4.39 Å².